The standard InChI is InChI=1S/C32H46F2O8/c1-30(22-6-18-4-19(8-22)9-23(30)7-18)41-27(35)16-38-14-26(15-40-29(37)32(3,33)34)39-17-28(36)42-31(2)24-10-20-5-21(12-24)13-25(31)11-20/h18-26H,4-17H2,1-3H3. The fourth-order valence-corrected chi connectivity index (χ4v) is 10.0. The first-order valence-corrected chi connectivity index (χ1v) is 16.0. The maximum absolute atomic E-state index is 13.4. The van der Waals surface area contributed by atoms with Crippen LogP contribution in [-0.2, 0) is 38.1 Å². The van der Waals surface area contributed by atoms with E-state index in [1.807, 2.05) is 13.8 Å². The van der Waals surface area contributed by atoms with E-state index in [1.54, 1.807) is 0 Å². The molecule has 0 amide bonds. The minimum atomic E-state index is -3.67. The number of alkyl halides is 2. The molecular formula is C32H46F2O8. The third-order valence-corrected chi connectivity index (χ3v) is 11.9. The van der Waals surface area contributed by atoms with Crippen molar-refractivity contribution in [3.8, 4) is 0 Å². The van der Waals surface area contributed by atoms with Crippen LogP contribution < -0.4 is 0 Å². The summed E-state index contributed by atoms with van der Waals surface area (Å²) in [6.45, 7) is 2.93. The van der Waals surface area contributed by atoms with Crippen LogP contribution in [0.3, 0.4) is 0 Å². The average molecular weight is 597 g/mol. The maximum Gasteiger partial charge on any atom is 0.376 e. The Morgan fingerprint density at radius 1 is 0.690 bits per heavy atom. The quantitative estimate of drug-likeness (QED) is 0.227. The van der Waals surface area contributed by atoms with Crippen molar-refractivity contribution in [3.05, 3.63) is 0 Å². The van der Waals surface area contributed by atoms with Crippen molar-refractivity contribution in [1.29, 1.82) is 0 Å². The molecule has 0 aromatic heterocycles. The van der Waals surface area contributed by atoms with Gasteiger partial charge in [-0.1, -0.05) is 0 Å². The maximum atomic E-state index is 13.4. The Kier molecular flexibility index (Phi) is 8.12. The zero-order valence-electron chi connectivity index (χ0n) is 25.1. The molecule has 0 aliphatic heterocycles. The summed E-state index contributed by atoms with van der Waals surface area (Å²) in [5.41, 5.74) is -1.03. The minimum Gasteiger partial charge on any atom is -0.458 e. The molecule has 10 heteroatoms. The van der Waals surface area contributed by atoms with Crippen LogP contribution in [0, 0.1) is 47.3 Å². The van der Waals surface area contributed by atoms with Gasteiger partial charge in [0.1, 0.15) is 37.1 Å². The number of halogens is 2. The molecule has 1 unspecified atom stereocenters. The van der Waals surface area contributed by atoms with E-state index < -0.39 is 54.4 Å². The Morgan fingerprint density at radius 2 is 1.10 bits per heavy atom. The van der Waals surface area contributed by atoms with E-state index in [4.69, 9.17) is 23.7 Å². The van der Waals surface area contributed by atoms with Crippen LogP contribution in [0.5, 0.6) is 0 Å². The molecule has 0 aromatic rings. The van der Waals surface area contributed by atoms with Crippen molar-refractivity contribution in [2.75, 3.05) is 26.4 Å². The molecule has 8 rings (SSSR count). The van der Waals surface area contributed by atoms with Gasteiger partial charge in [-0.05, 0) is 125 Å². The van der Waals surface area contributed by atoms with Crippen LogP contribution in [0.1, 0.15) is 85.0 Å². The van der Waals surface area contributed by atoms with Crippen LogP contribution >= 0.6 is 0 Å². The second kappa shape index (κ2) is 11.3. The predicted molar refractivity (Wildman–Crippen MR) is 145 cm³/mol. The van der Waals surface area contributed by atoms with Gasteiger partial charge in [0.15, 0.2) is 0 Å². The molecule has 1 atom stereocenters. The molecule has 8 bridgehead atoms. The third-order valence-electron chi connectivity index (χ3n) is 11.9. The molecule has 0 spiro atoms. The summed E-state index contributed by atoms with van der Waals surface area (Å²) in [7, 11) is 0. The monoisotopic (exact) mass is 596 g/mol. The van der Waals surface area contributed by atoms with Crippen molar-refractivity contribution < 1.29 is 46.8 Å². The van der Waals surface area contributed by atoms with E-state index in [-0.39, 0.29) is 13.2 Å². The highest BCUT2D eigenvalue weighted by atomic mass is 19.3. The summed E-state index contributed by atoms with van der Waals surface area (Å²) in [6.07, 6.45) is 10.2. The largest absolute Gasteiger partial charge is 0.458 e. The number of carbonyl (C=O) groups excluding carboxylic acids is 3. The normalized spacial score (nSPS) is 41.9. The summed E-state index contributed by atoms with van der Waals surface area (Å²) in [4.78, 5) is 37.4. The SMILES string of the molecule is CC(F)(F)C(=O)OCC(COCC(=O)OC1(C)C2CC3CC(C2)CC1C3)OCC(=O)OC1(C)C2CC3CC(C2)CC1C3. The fourth-order valence-electron chi connectivity index (χ4n) is 10.0. The van der Waals surface area contributed by atoms with E-state index in [0.717, 1.165) is 75.0 Å². The molecule has 236 valence electrons. The van der Waals surface area contributed by atoms with Gasteiger partial charge in [0.05, 0.1) is 6.61 Å². The first kappa shape index (κ1) is 30.2. The molecule has 8 nitrogen and oxygen atoms in total. The zero-order valence-corrected chi connectivity index (χ0v) is 25.1. The lowest BCUT2D eigenvalue weighted by Crippen LogP contribution is -2.58. The Morgan fingerprint density at radius 3 is 1.50 bits per heavy atom. The number of ether oxygens (including phenoxy) is 5. The van der Waals surface area contributed by atoms with Crippen molar-refractivity contribution >= 4 is 17.9 Å². The lowest BCUT2D eigenvalue weighted by atomic mass is 9.50. The Hall–Kier alpha value is -1.81. The third kappa shape index (κ3) is 5.95. The highest BCUT2D eigenvalue weighted by molar-refractivity contribution is 5.77. The van der Waals surface area contributed by atoms with Gasteiger partial charge in [-0.2, -0.15) is 8.78 Å². The van der Waals surface area contributed by atoms with Gasteiger partial charge in [0.2, 0.25) is 0 Å². The number of carbonyl (C=O) groups is 3. The highest BCUT2D eigenvalue weighted by Crippen LogP contribution is 2.60. The summed E-state index contributed by atoms with van der Waals surface area (Å²) in [5.74, 6) is -2.07. The number of rotatable bonds is 12. The molecular weight excluding hydrogens is 550 g/mol. The Labute approximate surface area is 246 Å². The average Bonchev–Trinajstić information content (AvgIpc) is 2.90. The second-order valence-electron chi connectivity index (χ2n) is 14.9. The predicted octanol–water partition coefficient (Wildman–Crippen LogP) is 5.10. The summed E-state index contributed by atoms with van der Waals surface area (Å²) in [5, 5.41) is 0. The molecule has 8 saturated carbocycles. The zero-order chi connectivity index (χ0) is 29.9. The van der Waals surface area contributed by atoms with E-state index in [0.29, 0.717) is 30.6 Å². The smallest absolute Gasteiger partial charge is 0.376 e. The lowest BCUT2D eigenvalue weighted by Gasteiger charge is -2.59. The summed E-state index contributed by atoms with van der Waals surface area (Å²) < 4.78 is 54.8. The summed E-state index contributed by atoms with van der Waals surface area (Å²) >= 11 is 0. The molecule has 0 radical (unpaired) electrons. The van der Waals surface area contributed by atoms with Crippen molar-refractivity contribution in [3.63, 3.8) is 0 Å². The van der Waals surface area contributed by atoms with Gasteiger partial charge < -0.3 is 23.7 Å². The molecule has 0 heterocycles. The highest BCUT2D eigenvalue weighted by Gasteiger charge is 2.58. The molecule has 8 aliphatic carbocycles. The number of hydrogen-bond donors (Lipinski definition) is 0. The van der Waals surface area contributed by atoms with Gasteiger partial charge in [0, 0.05) is 6.92 Å². The molecule has 8 fully saturated rings. The van der Waals surface area contributed by atoms with Crippen molar-refractivity contribution in [2.24, 2.45) is 47.3 Å². The van der Waals surface area contributed by atoms with Crippen LogP contribution in [0.4, 0.5) is 8.78 Å². The van der Waals surface area contributed by atoms with E-state index in [1.165, 1.54) is 12.8 Å². The molecule has 0 aromatic carbocycles. The topological polar surface area (TPSA) is 97.4 Å². The van der Waals surface area contributed by atoms with Gasteiger partial charge in [0.25, 0.3) is 0 Å². The minimum absolute atomic E-state index is 0.245. The van der Waals surface area contributed by atoms with E-state index >= 15 is 0 Å². The van der Waals surface area contributed by atoms with Gasteiger partial charge >= 0.3 is 23.8 Å². The number of hydrogen-bond acceptors (Lipinski definition) is 8. The number of esters is 3. The van der Waals surface area contributed by atoms with Gasteiger partial charge in [-0.3, -0.25) is 0 Å². The first-order valence-electron chi connectivity index (χ1n) is 16.0. The molecule has 8 aliphatic rings. The van der Waals surface area contributed by atoms with E-state index in [2.05, 4.69) is 0 Å². The van der Waals surface area contributed by atoms with Crippen LogP contribution in [0.25, 0.3) is 0 Å². The van der Waals surface area contributed by atoms with Gasteiger partial charge in [-0.15, -0.1) is 0 Å². The fraction of sp³-hybridized carbons (Fsp3) is 0.906. The first-order chi connectivity index (χ1) is 19.8. The molecule has 0 N–H and O–H groups in total. The van der Waals surface area contributed by atoms with Crippen molar-refractivity contribution in [1.82, 2.24) is 0 Å². The summed E-state index contributed by atoms with van der Waals surface area (Å²) in [6, 6.07) is 0. The van der Waals surface area contributed by atoms with Crippen LogP contribution in [0.15, 0.2) is 0 Å². The van der Waals surface area contributed by atoms with E-state index in [9.17, 15) is 23.2 Å². The Bertz CT molecular complexity index is 998. The second-order valence-corrected chi connectivity index (χ2v) is 14.9. The van der Waals surface area contributed by atoms with Crippen LogP contribution in [0.2, 0.25) is 0 Å². The molecule has 0 saturated heterocycles. The Balaban J connectivity index is 0.998. The molecule has 42 heavy (non-hydrogen) atoms. The van der Waals surface area contributed by atoms with Crippen molar-refractivity contribution in [2.45, 2.75) is 108 Å². The van der Waals surface area contributed by atoms with Gasteiger partial charge in [-0.25, -0.2) is 14.4 Å². The van der Waals surface area contributed by atoms with Crippen LogP contribution in [-0.4, -0.2) is 67.6 Å². The lowest BCUT2D eigenvalue weighted by molar-refractivity contribution is -0.211.